The summed E-state index contributed by atoms with van der Waals surface area (Å²) in [6.45, 7) is 1.35. The van der Waals surface area contributed by atoms with Crippen LogP contribution in [0.15, 0.2) is 11.1 Å². The van der Waals surface area contributed by atoms with Gasteiger partial charge in [-0.25, -0.2) is 9.59 Å². The summed E-state index contributed by atoms with van der Waals surface area (Å²) in [6.07, 6.45) is 5.34. The van der Waals surface area contributed by atoms with Crippen LogP contribution in [0.5, 0.6) is 0 Å². The van der Waals surface area contributed by atoms with Crippen molar-refractivity contribution in [3.63, 3.8) is 0 Å². The van der Waals surface area contributed by atoms with Crippen LogP contribution in [-0.4, -0.2) is 35.2 Å². The van der Waals surface area contributed by atoms with E-state index in [1.54, 1.807) is 0 Å². The number of hydrogen-bond donors (Lipinski definition) is 2. The van der Waals surface area contributed by atoms with E-state index < -0.39 is 17.4 Å². The smallest absolute Gasteiger partial charge is 0.332 e. The summed E-state index contributed by atoms with van der Waals surface area (Å²) in [5.74, 6) is -1.73. The summed E-state index contributed by atoms with van der Waals surface area (Å²) in [4.78, 5) is 35.3. The lowest BCUT2D eigenvalue weighted by Crippen LogP contribution is -2.55. The third-order valence-corrected chi connectivity index (χ3v) is 6.38. The largest absolute Gasteiger partial charge is 0.478 e. The zero-order valence-corrected chi connectivity index (χ0v) is 14.1. The van der Waals surface area contributed by atoms with E-state index in [2.05, 4.69) is 0 Å². The molecular weight excluding hydrogens is 312 g/mol. The molecule has 0 radical (unpaired) electrons. The van der Waals surface area contributed by atoms with Crippen LogP contribution in [-0.2, 0) is 19.1 Å². The van der Waals surface area contributed by atoms with E-state index in [1.165, 1.54) is 14.0 Å². The van der Waals surface area contributed by atoms with Gasteiger partial charge in [-0.3, -0.25) is 4.79 Å². The predicted octanol–water partition coefficient (Wildman–Crippen LogP) is 2.62. The van der Waals surface area contributed by atoms with Crippen LogP contribution in [0, 0.1) is 22.7 Å². The minimum Gasteiger partial charge on any atom is -0.478 e. The number of methoxy groups -OCH3 is 1. The Morgan fingerprint density at radius 1 is 1.04 bits per heavy atom. The zero-order valence-electron chi connectivity index (χ0n) is 14.1. The molecule has 0 spiro atoms. The van der Waals surface area contributed by atoms with E-state index in [0.29, 0.717) is 18.3 Å². The lowest BCUT2D eigenvalue weighted by molar-refractivity contribution is -0.178. The molecule has 0 aromatic rings. The lowest BCUT2D eigenvalue weighted by Gasteiger charge is -2.61. The van der Waals surface area contributed by atoms with Gasteiger partial charge in [-0.05, 0) is 69.1 Å². The van der Waals surface area contributed by atoms with Gasteiger partial charge in [0, 0.05) is 11.1 Å². The summed E-state index contributed by atoms with van der Waals surface area (Å²) in [5.41, 5.74) is -0.919. The number of rotatable bonds is 5. The molecule has 132 valence electrons. The van der Waals surface area contributed by atoms with Gasteiger partial charge >= 0.3 is 17.9 Å². The Labute approximate surface area is 140 Å². The van der Waals surface area contributed by atoms with Gasteiger partial charge in [0.15, 0.2) is 0 Å². The summed E-state index contributed by atoms with van der Waals surface area (Å²) in [6, 6.07) is 0. The highest BCUT2D eigenvalue weighted by atomic mass is 16.5. The van der Waals surface area contributed by atoms with Crippen LogP contribution in [0.25, 0.3) is 0 Å². The van der Waals surface area contributed by atoms with Gasteiger partial charge in [0.25, 0.3) is 0 Å². The highest BCUT2D eigenvalue weighted by Gasteiger charge is 2.61. The predicted molar refractivity (Wildman–Crippen MR) is 84.2 cm³/mol. The van der Waals surface area contributed by atoms with Crippen molar-refractivity contribution < 1.29 is 29.3 Å². The molecule has 4 fully saturated rings. The van der Waals surface area contributed by atoms with Crippen LogP contribution in [0.3, 0.4) is 0 Å². The van der Waals surface area contributed by atoms with Gasteiger partial charge < -0.3 is 14.9 Å². The summed E-state index contributed by atoms with van der Waals surface area (Å²) < 4.78 is 5.06. The second-order valence-electron chi connectivity index (χ2n) is 8.12. The standard InChI is InChI=1S/C18H24O6/c1-10(14(19)20)13(15(21)22)8-17-4-11-3-12(5-17)7-18(6-11,9-17)16(23)24-2/h11-12H,3-9H2,1-2H3,(H,19,20)(H,21,22). The molecule has 6 heteroatoms. The van der Waals surface area contributed by atoms with Gasteiger partial charge in [0.05, 0.1) is 12.5 Å². The lowest BCUT2D eigenvalue weighted by atomic mass is 9.43. The van der Waals surface area contributed by atoms with Gasteiger partial charge in [-0.1, -0.05) is 0 Å². The van der Waals surface area contributed by atoms with Crippen LogP contribution < -0.4 is 0 Å². The third-order valence-electron chi connectivity index (χ3n) is 6.38. The Bertz CT molecular complexity index is 617. The van der Waals surface area contributed by atoms with E-state index in [4.69, 9.17) is 4.74 Å². The molecule has 0 amide bonds. The second kappa shape index (κ2) is 5.60. The van der Waals surface area contributed by atoms with Crippen LogP contribution in [0.1, 0.15) is 51.9 Å². The maximum absolute atomic E-state index is 12.4. The highest BCUT2D eigenvalue weighted by molar-refractivity contribution is 5.98. The quantitative estimate of drug-likeness (QED) is 0.591. The number of carbonyl (C=O) groups excluding carboxylic acids is 1. The van der Waals surface area contributed by atoms with Gasteiger partial charge in [-0.15, -0.1) is 0 Å². The third kappa shape index (κ3) is 2.62. The zero-order chi connectivity index (χ0) is 17.7. The van der Waals surface area contributed by atoms with Crippen molar-refractivity contribution in [2.24, 2.45) is 22.7 Å². The molecule has 0 heterocycles. The average Bonchev–Trinajstić information content (AvgIpc) is 2.49. The van der Waals surface area contributed by atoms with Crippen molar-refractivity contribution in [1.29, 1.82) is 0 Å². The fourth-order valence-electron chi connectivity index (χ4n) is 5.99. The Balaban J connectivity index is 1.96. The van der Waals surface area contributed by atoms with Gasteiger partial charge in [0.2, 0.25) is 0 Å². The maximum Gasteiger partial charge on any atom is 0.332 e. The van der Waals surface area contributed by atoms with Gasteiger partial charge in [-0.2, -0.15) is 0 Å². The Morgan fingerprint density at radius 3 is 2.08 bits per heavy atom. The van der Waals surface area contributed by atoms with Crippen LogP contribution in [0.4, 0.5) is 0 Å². The number of carboxylic acids is 2. The van der Waals surface area contributed by atoms with E-state index in [0.717, 1.165) is 32.1 Å². The van der Waals surface area contributed by atoms with E-state index in [-0.39, 0.29) is 29.0 Å². The monoisotopic (exact) mass is 336 g/mol. The Kier molecular flexibility index (Phi) is 3.97. The molecular formula is C18H24O6. The number of esters is 1. The molecule has 4 rings (SSSR count). The molecule has 4 aliphatic rings. The fraction of sp³-hybridized carbons (Fsp3) is 0.722. The first kappa shape index (κ1) is 17.0. The molecule has 0 aromatic heterocycles. The Hall–Kier alpha value is -1.85. The number of ether oxygens (including phenoxy) is 1. The average molecular weight is 336 g/mol. The van der Waals surface area contributed by atoms with Crippen molar-refractivity contribution in [2.75, 3.05) is 7.11 Å². The van der Waals surface area contributed by atoms with E-state index in [1.807, 2.05) is 0 Å². The molecule has 24 heavy (non-hydrogen) atoms. The summed E-state index contributed by atoms with van der Waals surface area (Å²) >= 11 is 0. The molecule has 4 saturated carbocycles. The molecule has 4 aliphatic carbocycles. The molecule has 0 aromatic carbocycles. The van der Waals surface area contributed by atoms with Crippen LogP contribution >= 0.6 is 0 Å². The minimum absolute atomic E-state index is 0.0236. The number of hydrogen-bond acceptors (Lipinski definition) is 4. The molecule has 6 nitrogen and oxygen atoms in total. The van der Waals surface area contributed by atoms with Crippen LogP contribution in [0.2, 0.25) is 0 Å². The topological polar surface area (TPSA) is 101 Å². The van der Waals surface area contributed by atoms with Crippen molar-refractivity contribution in [2.45, 2.75) is 51.9 Å². The molecule has 0 aliphatic heterocycles. The number of carbonyl (C=O) groups is 3. The second-order valence-corrected chi connectivity index (χ2v) is 8.12. The first-order valence-electron chi connectivity index (χ1n) is 8.45. The van der Waals surface area contributed by atoms with Crippen molar-refractivity contribution in [3.8, 4) is 0 Å². The number of carboxylic acid groups (broad SMARTS) is 2. The van der Waals surface area contributed by atoms with E-state index in [9.17, 15) is 24.6 Å². The SMILES string of the molecule is COC(=O)C12CC3CC(CC(CC(C(=O)O)=C(C)C(=O)O)(C3)C1)C2. The normalized spacial score (nSPS) is 37.8. The first-order chi connectivity index (χ1) is 11.2. The minimum atomic E-state index is -1.19. The van der Waals surface area contributed by atoms with Crippen molar-refractivity contribution >= 4 is 17.9 Å². The number of aliphatic carboxylic acids is 2. The van der Waals surface area contributed by atoms with Crippen molar-refractivity contribution in [3.05, 3.63) is 11.1 Å². The molecule has 2 atom stereocenters. The van der Waals surface area contributed by atoms with Gasteiger partial charge in [0.1, 0.15) is 0 Å². The maximum atomic E-state index is 12.4. The Morgan fingerprint density at radius 2 is 1.62 bits per heavy atom. The summed E-state index contributed by atoms with van der Waals surface area (Å²) in [5, 5.41) is 18.7. The first-order valence-corrected chi connectivity index (χ1v) is 8.45. The fourth-order valence-corrected chi connectivity index (χ4v) is 5.99. The summed E-state index contributed by atoms with van der Waals surface area (Å²) in [7, 11) is 1.41. The van der Waals surface area contributed by atoms with Crippen molar-refractivity contribution in [1.82, 2.24) is 0 Å². The molecule has 4 bridgehead atoms. The highest BCUT2D eigenvalue weighted by Crippen LogP contribution is 2.67. The van der Waals surface area contributed by atoms with E-state index >= 15 is 0 Å². The molecule has 0 saturated heterocycles. The molecule has 2 unspecified atom stereocenters. The molecule has 2 N–H and O–H groups in total.